The van der Waals surface area contributed by atoms with Gasteiger partial charge in [-0.3, -0.25) is 4.98 Å². The number of hydrogen-bond donors (Lipinski definition) is 1. The van der Waals surface area contributed by atoms with Gasteiger partial charge >= 0.3 is 0 Å². The summed E-state index contributed by atoms with van der Waals surface area (Å²) < 4.78 is 5.97. The lowest BCUT2D eigenvalue weighted by Gasteiger charge is -2.07. The third kappa shape index (κ3) is 3.40. The zero-order valence-corrected chi connectivity index (χ0v) is 12.8. The number of hydrogen-bond acceptors (Lipinski definition) is 4. The summed E-state index contributed by atoms with van der Waals surface area (Å²) in [5, 5.41) is 4.40. The summed E-state index contributed by atoms with van der Waals surface area (Å²) in [5.74, 6) is 0.891. The fraction of sp³-hybridized carbons (Fsp3) is 0.235. The first-order valence-electron chi connectivity index (χ1n) is 7.11. The van der Waals surface area contributed by atoms with Crippen molar-refractivity contribution < 1.29 is 4.74 Å². The van der Waals surface area contributed by atoms with Crippen molar-refractivity contribution in [1.82, 2.24) is 10.3 Å². The van der Waals surface area contributed by atoms with E-state index >= 15 is 0 Å². The third-order valence-corrected chi connectivity index (χ3v) is 4.30. The molecule has 2 aromatic heterocycles. The summed E-state index contributed by atoms with van der Waals surface area (Å²) in [6, 6.07) is 14.3. The van der Waals surface area contributed by atoms with Gasteiger partial charge in [-0.25, -0.2) is 0 Å². The minimum atomic E-state index is 0.602. The van der Waals surface area contributed by atoms with E-state index in [9.17, 15) is 0 Å². The van der Waals surface area contributed by atoms with E-state index in [0.717, 1.165) is 29.7 Å². The van der Waals surface area contributed by atoms with E-state index in [0.29, 0.717) is 6.61 Å². The molecular formula is C17H18N2OS. The van der Waals surface area contributed by atoms with Crippen LogP contribution < -0.4 is 10.1 Å². The molecule has 108 valence electrons. The lowest BCUT2D eigenvalue weighted by Crippen LogP contribution is -2.10. The number of ether oxygens (including phenoxy) is 1. The van der Waals surface area contributed by atoms with Crippen molar-refractivity contribution in [3.8, 4) is 5.75 Å². The predicted molar refractivity (Wildman–Crippen MR) is 87.8 cm³/mol. The van der Waals surface area contributed by atoms with Gasteiger partial charge in [0.2, 0.25) is 0 Å². The average molecular weight is 298 g/mol. The molecule has 1 aromatic carbocycles. The molecule has 0 aliphatic heterocycles. The Bertz CT molecular complexity index is 718. The number of nitrogens with one attached hydrogen (secondary N) is 1. The van der Waals surface area contributed by atoms with Gasteiger partial charge in [0.05, 0.1) is 5.52 Å². The molecule has 0 bridgehead atoms. The van der Waals surface area contributed by atoms with Crippen LogP contribution in [0.4, 0.5) is 0 Å². The van der Waals surface area contributed by atoms with Gasteiger partial charge in [-0.15, -0.1) is 11.3 Å². The number of nitrogens with zero attached hydrogens (tertiary/aromatic N) is 1. The van der Waals surface area contributed by atoms with Crippen LogP contribution in [0.2, 0.25) is 0 Å². The monoisotopic (exact) mass is 298 g/mol. The van der Waals surface area contributed by atoms with Gasteiger partial charge in [-0.1, -0.05) is 13.0 Å². The Morgan fingerprint density at radius 3 is 2.90 bits per heavy atom. The topological polar surface area (TPSA) is 34.1 Å². The summed E-state index contributed by atoms with van der Waals surface area (Å²) >= 11 is 1.79. The van der Waals surface area contributed by atoms with Crippen molar-refractivity contribution in [3.63, 3.8) is 0 Å². The summed E-state index contributed by atoms with van der Waals surface area (Å²) in [7, 11) is 0. The highest BCUT2D eigenvalue weighted by atomic mass is 32.1. The van der Waals surface area contributed by atoms with Crippen molar-refractivity contribution in [1.29, 1.82) is 0 Å². The molecule has 0 fully saturated rings. The van der Waals surface area contributed by atoms with Crippen LogP contribution in [-0.4, -0.2) is 11.5 Å². The molecule has 0 aliphatic rings. The fourth-order valence-electron chi connectivity index (χ4n) is 2.19. The average Bonchev–Trinajstić information content (AvgIpc) is 2.99. The first kappa shape index (κ1) is 14.0. The normalized spacial score (nSPS) is 10.9. The maximum atomic E-state index is 5.97. The van der Waals surface area contributed by atoms with Gasteiger partial charge in [0.1, 0.15) is 12.4 Å². The van der Waals surface area contributed by atoms with Gasteiger partial charge in [-0.2, -0.15) is 0 Å². The third-order valence-electron chi connectivity index (χ3n) is 3.24. The van der Waals surface area contributed by atoms with Crippen molar-refractivity contribution in [2.45, 2.75) is 20.1 Å². The second-order valence-corrected chi connectivity index (χ2v) is 6.02. The highest BCUT2D eigenvalue weighted by Gasteiger charge is 2.04. The van der Waals surface area contributed by atoms with E-state index in [1.54, 1.807) is 17.5 Å². The Labute approximate surface area is 128 Å². The molecule has 0 spiro atoms. The Morgan fingerprint density at radius 2 is 2.00 bits per heavy atom. The molecule has 21 heavy (non-hydrogen) atoms. The lowest BCUT2D eigenvalue weighted by molar-refractivity contribution is 0.313. The van der Waals surface area contributed by atoms with Crippen molar-refractivity contribution in [2.24, 2.45) is 0 Å². The smallest absolute Gasteiger partial charge is 0.129 e. The van der Waals surface area contributed by atoms with Crippen LogP contribution in [0.5, 0.6) is 5.75 Å². The number of rotatable bonds is 6. The van der Waals surface area contributed by atoms with Crippen LogP contribution >= 0.6 is 11.3 Å². The molecule has 0 amide bonds. The van der Waals surface area contributed by atoms with Crippen LogP contribution in [0.25, 0.3) is 10.9 Å². The second-order valence-electron chi connectivity index (χ2n) is 4.76. The van der Waals surface area contributed by atoms with E-state index in [-0.39, 0.29) is 0 Å². The number of aromatic nitrogens is 1. The molecule has 0 radical (unpaired) electrons. The number of pyridine rings is 1. The Kier molecular flexibility index (Phi) is 4.48. The highest BCUT2D eigenvalue weighted by Crippen LogP contribution is 2.25. The molecule has 3 aromatic rings. The molecule has 2 heterocycles. The number of thiophene rings is 1. The second kappa shape index (κ2) is 6.70. The zero-order valence-electron chi connectivity index (χ0n) is 12.0. The SMILES string of the molecule is CCNCc1ccc(COc2cccc3ncccc23)s1. The number of fused-ring (bicyclic) bond motifs is 1. The van der Waals surface area contributed by atoms with Crippen molar-refractivity contribution >= 4 is 22.2 Å². The molecule has 1 N–H and O–H groups in total. The molecule has 0 saturated carbocycles. The largest absolute Gasteiger partial charge is 0.487 e. The quantitative estimate of drug-likeness (QED) is 0.747. The van der Waals surface area contributed by atoms with E-state index in [1.165, 1.54) is 9.75 Å². The van der Waals surface area contributed by atoms with E-state index in [2.05, 4.69) is 29.4 Å². The van der Waals surface area contributed by atoms with E-state index < -0.39 is 0 Å². The van der Waals surface area contributed by atoms with Gasteiger partial charge in [0.15, 0.2) is 0 Å². The molecule has 3 rings (SSSR count). The van der Waals surface area contributed by atoms with Crippen LogP contribution in [-0.2, 0) is 13.2 Å². The first-order chi connectivity index (χ1) is 10.4. The van der Waals surface area contributed by atoms with E-state index in [4.69, 9.17) is 4.74 Å². The zero-order chi connectivity index (χ0) is 14.5. The van der Waals surface area contributed by atoms with Crippen molar-refractivity contribution in [3.05, 3.63) is 58.4 Å². The maximum absolute atomic E-state index is 5.97. The van der Waals surface area contributed by atoms with Crippen LogP contribution in [0.3, 0.4) is 0 Å². The van der Waals surface area contributed by atoms with Crippen molar-refractivity contribution in [2.75, 3.05) is 6.54 Å². The molecule has 4 heteroatoms. The molecule has 0 aliphatic carbocycles. The van der Waals surface area contributed by atoms with Gasteiger partial charge in [0, 0.05) is 27.9 Å². The van der Waals surface area contributed by atoms with Gasteiger partial charge in [0.25, 0.3) is 0 Å². The number of benzene rings is 1. The maximum Gasteiger partial charge on any atom is 0.129 e. The van der Waals surface area contributed by atoms with E-state index in [1.807, 2.05) is 30.3 Å². The standard InChI is InChI=1S/C17H18N2OS/c1-2-18-11-13-8-9-14(21-13)12-20-17-7-3-6-16-15(17)5-4-10-19-16/h3-10,18H,2,11-12H2,1H3. The molecule has 3 nitrogen and oxygen atoms in total. The fourth-order valence-corrected chi connectivity index (χ4v) is 3.09. The van der Waals surface area contributed by atoms with Crippen LogP contribution in [0.15, 0.2) is 48.7 Å². The summed E-state index contributed by atoms with van der Waals surface area (Å²) in [5.41, 5.74) is 0.967. The van der Waals surface area contributed by atoms with Gasteiger partial charge in [-0.05, 0) is 42.9 Å². The minimum absolute atomic E-state index is 0.602. The Balaban J connectivity index is 1.70. The molecular weight excluding hydrogens is 280 g/mol. The molecule has 0 saturated heterocycles. The highest BCUT2D eigenvalue weighted by molar-refractivity contribution is 7.11. The summed E-state index contributed by atoms with van der Waals surface area (Å²) in [6.07, 6.45) is 1.80. The predicted octanol–water partition coefficient (Wildman–Crippen LogP) is 3.98. The van der Waals surface area contributed by atoms with Gasteiger partial charge < -0.3 is 10.1 Å². The molecule has 0 atom stereocenters. The summed E-state index contributed by atoms with van der Waals surface area (Å²) in [6.45, 7) is 4.64. The Hall–Kier alpha value is -1.91. The first-order valence-corrected chi connectivity index (χ1v) is 7.93. The van der Waals surface area contributed by atoms with Crippen LogP contribution in [0, 0.1) is 0 Å². The minimum Gasteiger partial charge on any atom is -0.487 e. The van der Waals surface area contributed by atoms with Crippen LogP contribution in [0.1, 0.15) is 16.7 Å². The lowest BCUT2D eigenvalue weighted by atomic mass is 10.2. The molecule has 0 unspecified atom stereocenters. The summed E-state index contributed by atoms with van der Waals surface area (Å²) in [4.78, 5) is 6.93. The Morgan fingerprint density at radius 1 is 1.10 bits per heavy atom.